The summed E-state index contributed by atoms with van der Waals surface area (Å²) in [6, 6.07) is 9.71. The Labute approximate surface area is 110 Å². The number of nitrogens with zero attached hydrogens (tertiary/aromatic N) is 2. The van der Waals surface area contributed by atoms with Gasteiger partial charge in [-0.05, 0) is 25.1 Å². The minimum atomic E-state index is 0.421. The summed E-state index contributed by atoms with van der Waals surface area (Å²) in [6.45, 7) is 3.63. The number of fused-ring (bicyclic) bond motifs is 1. The predicted molar refractivity (Wildman–Crippen MR) is 71.5 cm³/mol. The highest BCUT2D eigenvalue weighted by Gasteiger charge is 2.13. The van der Waals surface area contributed by atoms with Gasteiger partial charge in [0.05, 0.1) is 6.54 Å². The van der Waals surface area contributed by atoms with Crippen LogP contribution in [-0.2, 0) is 6.54 Å². The fourth-order valence-corrected chi connectivity index (χ4v) is 1.88. The molecule has 3 aromatic rings. The number of para-hydroxylation sites is 1. The van der Waals surface area contributed by atoms with Crippen molar-refractivity contribution in [2.24, 2.45) is 0 Å². The van der Waals surface area contributed by atoms with Crippen LogP contribution in [0.2, 0.25) is 0 Å². The summed E-state index contributed by atoms with van der Waals surface area (Å²) in [5.74, 6) is 1.60. The van der Waals surface area contributed by atoms with Crippen LogP contribution in [0.4, 0.5) is 0 Å². The van der Waals surface area contributed by atoms with Gasteiger partial charge in [-0.1, -0.05) is 25.1 Å². The number of furan rings is 1. The van der Waals surface area contributed by atoms with Crippen LogP contribution in [0.3, 0.4) is 0 Å². The Hall–Kier alpha value is -2.14. The van der Waals surface area contributed by atoms with Crippen molar-refractivity contribution in [3.05, 3.63) is 36.2 Å². The zero-order chi connectivity index (χ0) is 13.1. The zero-order valence-corrected chi connectivity index (χ0v) is 10.7. The molecule has 98 valence electrons. The van der Waals surface area contributed by atoms with Crippen LogP contribution in [0.5, 0.6) is 0 Å². The lowest BCUT2D eigenvalue weighted by Gasteiger charge is -1.96. The van der Waals surface area contributed by atoms with Crippen LogP contribution in [0.1, 0.15) is 19.2 Å². The van der Waals surface area contributed by atoms with Crippen molar-refractivity contribution < 1.29 is 8.83 Å². The summed E-state index contributed by atoms with van der Waals surface area (Å²) in [7, 11) is 0. The SMILES string of the molecule is CCCNCc1nnc(-c2cc3ccccc3o2)o1. The average molecular weight is 257 g/mol. The quantitative estimate of drug-likeness (QED) is 0.712. The van der Waals surface area contributed by atoms with Crippen molar-refractivity contribution in [1.29, 1.82) is 0 Å². The molecule has 0 spiro atoms. The van der Waals surface area contributed by atoms with Gasteiger partial charge in [-0.25, -0.2) is 0 Å². The summed E-state index contributed by atoms with van der Waals surface area (Å²) in [4.78, 5) is 0. The molecule has 0 fully saturated rings. The summed E-state index contributed by atoms with van der Waals surface area (Å²) < 4.78 is 11.2. The summed E-state index contributed by atoms with van der Waals surface area (Å²) in [5, 5.41) is 12.3. The standard InChI is InChI=1S/C14H15N3O2/c1-2-7-15-9-13-16-17-14(19-13)12-8-10-5-3-4-6-11(10)18-12/h3-6,8,15H,2,7,9H2,1H3. The molecule has 5 heteroatoms. The highest BCUT2D eigenvalue weighted by molar-refractivity contribution is 5.81. The van der Waals surface area contributed by atoms with E-state index in [9.17, 15) is 0 Å². The van der Waals surface area contributed by atoms with Crippen LogP contribution in [0.15, 0.2) is 39.2 Å². The van der Waals surface area contributed by atoms with E-state index >= 15 is 0 Å². The first-order valence-corrected chi connectivity index (χ1v) is 6.39. The molecule has 5 nitrogen and oxygen atoms in total. The van der Waals surface area contributed by atoms with Crippen molar-refractivity contribution in [2.45, 2.75) is 19.9 Å². The first-order chi connectivity index (χ1) is 9.36. The van der Waals surface area contributed by atoms with Gasteiger partial charge in [0.1, 0.15) is 5.58 Å². The van der Waals surface area contributed by atoms with Gasteiger partial charge in [0.15, 0.2) is 5.76 Å². The van der Waals surface area contributed by atoms with E-state index < -0.39 is 0 Å². The second kappa shape index (κ2) is 5.24. The third kappa shape index (κ3) is 2.51. The molecule has 0 radical (unpaired) electrons. The van der Waals surface area contributed by atoms with Crippen molar-refractivity contribution in [2.75, 3.05) is 6.54 Å². The van der Waals surface area contributed by atoms with E-state index in [0.29, 0.717) is 24.1 Å². The Balaban J connectivity index is 1.81. The maximum Gasteiger partial charge on any atom is 0.283 e. The monoisotopic (exact) mass is 257 g/mol. The van der Waals surface area contributed by atoms with E-state index in [2.05, 4.69) is 22.4 Å². The number of rotatable bonds is 5. The van der Waals surface area contributed by atoms with Gasteiger partial charge >= 0.3 is 0 Å². The van der Waals surface area contributed by atoms with Crippen LogP contribution in [-0.4, -0.2) is 16.7 Å². The molecule has 0 unspecified atom stereocenters. The largest absolute Gasteiger partial charge is 0.451 e. The van der Waals surface area contributed by atoms with Crippen molar-refractivity contribution >= 4 is 11.0 Å². The lowest BCUT2D eigenvalue weighted by atomic mass is 10.2. The minimum Gasteiger partial charge on any atom is -0.451 e. The fourth-order valence-electron chi connectivity index (χ4n) is 1.88. The molecule has 1 aromatic carbocycles. The lowest BCUT2D eigenvalue weighted by molar-refractivity contribution is 0.465. The third-order valence-corrected chi connectivity index (χ3v) is 2.81. The zero-order valence-electron chi connectivity index (χ0n) is 10.7. The van der Waals surface area contributed by atoms with Crippen LogP contribution >= 0.6 is 0 Å². The maximum absolute atomic E-state index is 5.68. The van der Waals surface area contributed by atoms with Gasteiger partial charge < -0.3 is 14.2 Å². The molecule has 0 atom stereocenters. The molecule has 0 aliphatic heterocycles. The molecule has 0 aliphatic carbocycles. The van der Waals surface area contributed by atoms with Crippen LogP contribution < -0.4 is 5.32 Å². The molecule has 0 amide bonds. The van der Waals surface area contributed by atoms with Gasteiger partial charge in [-0.3, -0.25) is 0 Å². The van der Waals surface area contributed by atoms with Gasteiger partial charge in [-0.2, -0.15) is 0 Å². The van der Waals surface area contributed by atoms with E-state index in [-0.39, 0.29) is 0 Å². The summed E-state index contributed by atoms with van der Waals surface area (Å²) in [6.07, 6.45) is 1.07. The molecule has 2 aromatic heterocycles. The van der Waals surface area contributed by atoms with Gasteiger partial charge in [0.25, 0.3) is 5.89 Å². The smallest absolute Gasteiger partial charge is 0.283 e. The molecule has 3 rings (SSSR count). The molecule has 1 N–H and O–H groups in total. The summed E-state index contributed by atoms with van der Waals surface area (Å²) in [5.41, 5.74) is 0.821. The van der Waals surface area contributed by atoms with Gasteiger partial charge in [0, 0.05) is 5.39 Å². The van der Waals surface area contributed by atoms with E-state index in [1.54, 1.807) is 0 Å². The lowest BCUT2D eigenvalue weighted by Crippen LogP contribution is -2.13. The molecule has 19 heavy (non-hydrogen) atoms. The van der Waals surface area contributed by atoms with E-state index in [1.807, 2.05) is 30.3 Å². The number of nitrogens with one attached hydrogen (secondary N) is 1. The predicted octanol–water partition coefficient (Wildman–Crippen LogP) is 2.98. The van der Waals surface area contributed by atoms with Crippen molar-refractivity contribution in [1.82, 2.24) is 15.5 Å². The Morgan fingerprint density at radius 1 is 1.16 bits per heavy atom. The molecule has 0 saturated heterocycles. The number of benzene rings is 1. The maximum atomic E-state index is 5.68. The molecule has 0 bridgehead atoms. The Morgan fingerprint density at radius 2 is 2.05 bits per heavy atom. The molecule has 2 heterocycles. The molecule has 0 saturated carbocycles. The average Bonchev–Trinajstić information content (AvgIpc) is 3.04. The number of aromatic nitrogens is 2. The Kier molecular flexibility index (Phi) is 3.29. The molecule has 0 aliphatic rings. The van der Waals surface area contributed by atoms with Gasteiger partial charge in [0.2, 0.25) is 5.89 Å². The van der Waals surface area contributed by atoms with E-state index in [0.717, 1.165) is 23.9 Å². The fraction of sp³-hybridized carbons (Fsp3) is 0.286. The second-order valence-electron chi connectivity index (χ2n) is 4.33. The summed E-state index contributed by atoms with van der Waals surface area (Å²) >= 11 is 0. The second-order valence-corrected chi connectivity index (χ2v) is 4.33. The first-order valence-electron chi connectivity index (χ1n) is 6.39. The highest BCUT2D eigenvalue weighted by atomic mass is 16.4. The number of hydrogen-bond donors (Lipinski definition) is 1. The first kappa shape index (κ1) is 11.9. The van der Waals surface area contributed by atoms with Gasteiger partial charge in [-0.15, -0.1) is 10.2 Å². The van der Waals surface area contributed by atoms with E-state index in [4.69, 9.17) is 8.83 Å². The van der Waals surface area contributed by atoms with Crippen LogP contribution in [0, 0.1) is 0 Å². The van der Waals surface area contributed by atoms with E-state index in [1.165, 1.54) is 0 Å². The topological polar surface area (TPSA) is 64.1 Å². The molecular formula is C14H15N3O2. The van der Waals surface area contributed by atoms with Crippen LogP contribution in [0.25, 0.3) is 22.6 Å². The van der Waals surface area contributed by atoms with Crippen molar-refractivity contribution in [3.8, 4) is 11.7 Å². The highest BCUT2D eigenvalue weighted by Crippen LogP contribution is 2.26. The van der Waals surface area contributed by atoms with Crippen molar-refractivity contribution in [3.63, 3.8) is 0 Å². The Bertz CT molecular complexity index is 639. The normalized spacial score (nSPS) is 11.2. The third-order valence-electron chi connectivity index (χ3n) is 2.81. The Morgan fingerprint density at radius 3 is 2.89 bits per heavy atom. The molecular weight excluding hydrogens is 242 g/mol. The minimum absolute atomic E-state index is 0.421. The number of hydrogen-bond acceptors (Lipinski definition) is 5.